The third kappa shape index (κ3) is 5.01. The maximum absolute atomic E-state index is 12.2. The molecule has 2 fully saturated rings. The number of likely N-dealkylation sites (tertiary alicyclic amines) is 1. The molecule has 0 radical (unpaired) electrons. The van der Waals surface area contributed by atoms with Crippen molar-refractivity contribution in [2.45, 2.75) is 18.9 Å². The first-order chi connectivity index (χ1) is 12.6. The fourth-order valence-corrected chi connectivity index (χ4v) is 3.15. The summed E-state index contributed by atoms with van der Waals surface area (Å²) in [5.41, 5.74) is 0.655. The number of urea groups is 2. The number of para-hydroxylation sites is 2. The van der Waals surface area contributed by atoms with Crippen LogP contribution in [-0.4, -0.2) is 74.3 Å². The molecule has 26 heavy (non-hydrogen) atoms. The number of benzene rings is 1. The molecule has 142 valence electrons. The number of ether oxygens (including phenoxy) is 1. The van der Waals surface area contributed by atoms with Gasteiger partial charge in [0, 0.05) is 39.3 Å². The molecule has 2 saturated heterocycles. The molecular formula is C18H27N5O3. The zero-order valence-corrected chi connectivity index (χ0v) is 15.2. The number of hydrogen-bond acceptors (Lipinski definition) is 4. The van der Waals surface area contributed by atoms with Gasteiger partial charge in [-0.25, -0.2) is 9.59 Å². The van der Waals surface area contributed by atoms with E-state index in [0.29, 0.717) is 37.6 Å². The van der Waals surface area contributed by atoms with Crippen LogP contribution in [0, 0.1) is 0 Å². The number of rotatable bonds is 6. The Bertz CT molecular complexity index is 631. The first-order valence-electron chi connectivity index (χ1n) is 9.13. The van der Waals surface area contributed by atoms with E-state index in [4.69, 9.17) is 4.74 Å². The van der Waals surface area contributed by atoms with Gasteiger partial charge in [0.25, 0.3) is 0 Å². The fraction of sp³-hybridized carbons (Fsp3) is 0.556. The van der Waals surface area contributed by atoms with Crippen LogP contribution in [0.5, 0.6) is 5.75 Å². The molecule has 1 aromatic carbocycles. The van der Waals surface area contributed by atoms with Crippen LogP contribution in [0.3, 0.4) is 0 Å². The van der Waals surface area contributed by atoms with Crippen LogP contribution in [0.4, 0.5) is 15.3 Å². The van der Waals surface area contributed by atoms with E-state index in [-0.39, 0.29) is 18.2 Å². The smallest absolute Gasteiger partial charge is 0.319 e. The molecule has 0 aromatic heterocycles. The van der Waals surface area contributed by atoms with Gasteiger partial charge in [0.05, 0.1) is 5.69 Å². The third-order valence-corrected chi connectivity index (χ3v) is 4.71. The molecule has 2 aliphatic rings. The van der Waals surface area contributed by atoms with Gasteiger partial charge in [-0.1, -0.05) is 12.1 Å². The maximum atomic E-state index is 12.2. The normalized spacial score (nSPS) is 18.5. The van der Waals surface area contributed by atoms with Crippen LogP contribution < -0.4 is 20.7 Å². The van der Waals surface area contributed by atoms with Gasteiger partial charge < -0.3 is 30.5 Å². The second kappa shape index (κ2) is 8.75. The van der Waals surface area contributed by atoms with Crippen molar-refractivity contribution >= 4 is 17.7 Å². The summed E-state index contributed by atoms with van der Waals surface area (Å²) < 4.78 is 6.11. The van der Waals surface area contributed by atoms with Gasteiger partial charge in [0.15, 0.2) is 0 Å². The number of carbonyl (C=O) groups is 2. The van der Waals surface area contributed by atoms with E-state index in [2.05, 4.69) is 27.9 Å². The lowest BCUT2D eigenvalue weighted by Gasteiger charge is -2.29. The largest absolute Gasteiger partial charge is 0.488 e. The van der Waals surface area contributed by atoms with E-state index >= 15 is 0 Å². The maximum Gasteiger partial charge on any atom is 0.319 e. The summed E-state index contributed by atoms with van der Waals surface area (Å²) in [5.74, 6) is 0.691. The molecule has 1 aromatic rings. The molecule has 4 amide bonds. The predicted octanol–water partition coefficient (Wildman–Crippen LogP) is 1.31. The van der Waals surface area contributed by atoms with E-state index in [1.54, 1.807) is 4.90 Å². The molecule has 3 N–H and O–H groups in total. The number of amides is 4. The number of nitrogens with zero attached hydrogens (tertiary/aromatic N) is 2. The quantitative estimate of drug-likeness (QED) is 0.713. The number of piperidine rings is 1. The van der Waals surface area contributed by atoms with Crippen LogP contribution in [-0.2, 0) is 0 Å². The lowest BCUT2D eigenvalue weighted by Crippen LogP contribution is -2.38. The first kappa shape index (κ1) is 18.3. The summed E-state index contributed by atoms with van der Waals surface area (Å²) >= 11 is 0. The summed E-state index contributed by atoms with van der Waals surface area (Å²) in [6.45, 7) is 4.27. The fourth-order valence-electron chi connectivity index (χ4n) is 3.15. The molecular weight excluding hydrogens is 334 g/mol. The highest BCUT2D eigenvalue weighted by molar-refractivity contribution is 5.90. The lowest BCUT2D eigenvalue weighted by atomic mass is 10.1. The minimum atomic E-state index is -0.302. The van der Waals surface area contributed by atoms with E-state index < -0.39 is 0 Å². The number of anilines is 1. The van der Waals surface area contributed by atoms with Crippen LogP contribution in [0.2, 0.25) is 0 Å². The monoisotopic (exact) mass is 361 g/mol. The minimum Gasteiger partial charge on any atom is -0.488 e. The molecule has 2 aliphatic heterocycles. The Morgan fingerprint density at radius 2 is 2.04 bits per heavy atom. The van der Waals surface area contributed by atoms with Gasteiger partial charge >= 0.3 is 12.1 Å². The van der Waals surface area contributed by atoms with Gasteiger partial charge in [-0.3, -0.25) is 0 Å². The Balaban J connectivity index is 1.47. The summed E-state index contributed by atoms with van der Waals surface area (Å²) in [6, 6.07) is 7.10. The van der Waals surface area contributed by atoms with Crippen molar-refractivity contribution in [3.05, 3.63) is 24.3 Å². The zero-order chi connectivity index (χ0) is 18.4. The highest BCUT2D eigenvalue weighted by Gasteiger charge is 2.20. The van der Waals surface area contributed by atoms with Gasteiger partial charge in [-0.05, 0) is 32.0 Å². The summed E-state index contributed by atoms with van der Waals surface area (Å²) in [6.07, 6.45) is 2.13. The van der Waals surface area contributed by atoms with Crippen molar-refractivity contribution in [1.29, 1.82) is 0 Å². The molecule has 0 atom stereocenters. The van der Waals surface area contributed by atoms with Crippen molar-refractivity contribution in [1.82, 2.24) is 20.4 Å². The van der Waals surface area contributed by atoms with Gasteiger partial charge in [-0.2, -0.15) is 0 Å². The SMILES string of the molecule is CN1CCC(Oc2ccccc2NC(=O)NCCN2CCNC2=O)CC1. The van der Waals surface area contributed by atoms with Crippen LogP contribution in [0.15, 0.2) is 24.3 Å². The summed E-state index contributed by atoms with van der Waals surface area (Å²) in [4.78, 5) is 27.6. The molecule has 0 bridgehead atoms. The van der Waals surface area contributed by atoms with Crippen LogP contribution in [0.25, 0.3) is 0 Å². The van der Waals surface area contributed by atoms with Gasteiger partial charge in [0.1, 0.15) is 11.9 Å². The molecule has 8 heteroatoms. The van der Waals surface area contributed by atoms with Crippen molar-refractivity contribution in [2.75, 3.05) is 51.6 Å². The molecule has 8 nitrogen and oxygen atoms in total. The topological polar surface area (TPSA) is 85.9 Å². The highest BCUT2D eigenvalue weighted by Crippen LogP contribution is 2.27. The van der Waals surface area contributed by atoms with Gasteiger partial charge in [-0.15, -0.1) is 0 Å². The summed E-state index contributed by atoms with van der Waals surface area (Å²) in [7, 11) is 2.11. The Morgan fingerprint density at radius 3 is 2.77 bits per heavy atom. The van der Waals surface area contributed by atoms with Crippen molar-refractivity contribution in [3.63, 3.8) is 0 Å². The second-order valence-corrected chi connectivity index (χ2v) is 6.72. The first-order valence-corrected chi connectivity index (χ1v) is 9.13. The van der Waals surface area contributed by atoms with Gasteiger partial charge in [0.2, 0.25) is 0 Å². The summed E-state index contributed by atoms with van der Waals surface area (Å²) in [5, 5.41) is 8.36. The highest BCUT2D eigenvalue weighted by atomic mass is 16.5. The molecule has 0 saturated carbocycles. The molecule has 3 rings (SSSR count). The predicted molar refractivity (Wildman–Crippen MR) is 99.6 cm³/mol. The lowest BCUT2D eigenvalue weighted by molar-refractivity contribution is 0.115. The number of carbonyl (C=O) groups excluding carboxylic acids is 2. The number of nitrogens with one attached hydrogen (secondary N) is 3. The van der Waals surface area contributed by atoms with E-state index in [0.717, 1.165) is 25.9 Å². The number of hydrogen-bond donors (Lipinski definition) is 3. The minimum absolute atomic E-state index is 0.0796. The van der Waals surface area contributed by atoms with Crippen molar-refractivity contribution in [3.8, 4) is 5.75 Å². The average molecular weight is 361 g/mol. The van der Waals surface area contributed by atoms with Crippen LogP contribution in [0.1, 0.15) is 12.8 Å². The third-order valence-electron chi connectivity index (χ3n) is 4.71. The Hall–Kier alpha value is -2.48. The van der Waals surface area contributed by atoms with Crippen molar-refractivity contribution < 1.29 is 14.3 Å². The molecule has 0 unspecified atom stereocenters. The zero-order valence-electron chi connectivity index (χ0n) is 15.2. The second-order valence-electron chi connectivity index (χ2n) is 6.72. The van der Waals surface area contributed by atoms with E-state index in [9.17, 15) is 9.59 Å². The Labute approximate surface area is 153 Å². The van der Waals surface area contributed by atoms with Crippen molar-refractivity contribution in [2.24, 2.45) is 0 Å². The Kier molecular flexibility index (Phi) is 6.17. The molecule has 2 heterocycles. The Morgan fingerprint density at radius 1 is 1.27 bits per heavy atom. The van der Waals surface area contributed by atoms with E-state index in [1.165, 1.54) is 0 Å². The van der Waals surface area contributed by atoms with E-state index in [1.807, 2.05) is 24.3 Å². The standard InChI is InChI=1S/C18H27N5O3/c1-22-10-6-14(7-11-22)26-16-5-3-2-4-15(16)21-17(24)19-8-12-23-13-9-20-18(23)25/h2-5,14H,6-13H2,1H3,(H,20,25)(H2,19,21,24). The van der Waals surface area contributed by atoms with Crippen LogP contribution >= 0.6 is 0 Å². The molecule has 0 aliphatic carbocycles. The molecule has 0 spiro atoms. The average Bonchev–Trinajstić information content (AvgIpc) is 3.04.